The van der Waals surface area contributed by atoms with Gasteiger partial charge >= 0.3 is 0 Å². The number of imidazole rings is 1. The first-order chi connectivity index (χ1) is 23.9. The standard InChI is InChI=1S/C34H56N10O5Si3/c1-32(2,3)51(11,12)46-20-25-27(49-52(13,14)33(4,5)6)22(19-34(7,8)50(9,10)45)30(47-25)43-21-36-26-28(43)37-31(40-41-35)38-29(26)48-44-24-18-16-15-17-23(24)39-42-44/h15-18,21-22,25,27,30,45H,19-20H2,1-14H3/t22-,25+,27?,30+/m0/s1. The molecule has 1 aliphatic rings. The summed E-state index contributed by atoms with van der Waals surface area (Å²) in [7, 11) is -7.23. The summed E-state index contributed by atoms with van der Waals surface area (Å²) in [4.78, 5) is 35.7. The maximum absolute atomic E-state index is 11.6. The molecule has 15 nitrogen and oxygen atoms in total. The number of nitrogens with zero attached hydrogens (tertiary/aromatic N) is 10. The summed E-state index contributed by atoms with van der Waals surface area (Å²) in [6.07, 6.45) is 0.839. The van der Waals surface area contributed by atoms with Crippen LogP contribution >= 0.6 is 0 Å². The van der Waals surface area contributed by atoms with E-state index >= 15 is 0 Å². The van der Waals surface area contributed by atoms with Gasteiger partial charge in [-0.2, -0.15) is 4.98 Å². The van der Waals surface area contributed by atoms with Crippen molar-refractivity contribution in [2.24, 2.45) is 11.0 Å². The number of hydrogen-bond donors (Lipinski definition) is 1. The third-order valence-corrected chi connectivity index (χ3v) is 24.3. The van der Waals surface area contributed by atoms with Gasteiger partial charge in [-0.25, -0.2) is 9.97 Å². The second-order valence-corrected chi connectivity index (χ2v) is 32.2. The number of hydrogen-bond acceptors (Lipinski definition) is 11. The fourth-order valence-corrected chi connectivity index (χ4v) is 8.77. The van der Waals surface area contributed by atoms with Gasteiger partial charge in [-0.1, -0.05) is 72.4 Å². The molecule has 0 spiro atoms. The molecule has 4 aromatic rings. The van der Waals surface area contributed by atoms with Gasteiger partial charge in [0.2, 0.25) is 5.95 Å². The molecule has 1 N–H and O–H groups in total. The molecule has 284 valence electrons. The average molecular weight is 769 g/mol. The lowest BCUT2D eigenvalue weighted by Gasteiger charge is -2.44. The van der Waals surface area contributed by atoms with Crippen molar-refractivity contribution in [3.05, 3.63) is 41.0 Å². The maximum atomic E-state index is 11.6. The minimum Gasteiger partial charge on any atom is -0.432 e. The minimum atomic E-state index is -2.69. The van der Waals surface area contributed by atoms with Gasteiger partial charge in [-0.05, 0) is 88.8 Å². The second-order valence-electron chi connectivity index (χ2n) is 18.2. The first kappa shape index (κ1) is 40.0. The van der Waals surface area contributed by atoms with E-state index in [1.807, 2.05) is 41.9 Å². The van der Waals surface area contributed by atoms with E-state index in [0.717, 1.165) is 0 Å². The molecule has 0 saturated carbocycles. The van der Waals surface area contributed by atoms with E-state index in [-0.39, 0.29) is 33.9 Å². The summed E-state index contributed by atoms with van der Waals surface area (Å²) < 4.78 is 23.1. The molecule has 0 radical (unpaired) electrons. The third-order valence-electron chi connectivity index (χ3n) is 11.8. The molecule has 0 amide bonds. The van der Waals surface area contributed by atoms with E-state index < -0.39 is 42.3 Å². The van der Waals surface area contributed by atoms with Gasteiger partial charge in [0, 0.05) is 10.8 Å². The zero-order chi connectivity index (χ0) is 38.7. The topological polar surface area (TPSA) is 180 Å². The number of azide groups is 1. The van der Waals surface area contributed by atoms with Crippen LogP contribution < -0.4 is 4.84 Å². The average Bonchev–Trinajstić information content (AvgIpc) is 3.70. The van der Waals surface area contributed by atoms with Crippen LogP contribution in [0.15, 0.2) is 35.7 Å². The summed E-state index contributed by atoms with van der Waals surface area (Å²) in [5.41, 5.74) is 11.3. The van der Waals surface area contributed by atoms with Crippen molar-refractivity contribution >= 4 is 53.1 Å². The first-order valence-corrected chi connectivity index (χ1v) is 26.6. The van der Waals surface area contributed by atoms with Crippen molar-refractivity contribution in [2.45, 2.75) is 135 Å². The molecule has 0 bridgehead atoms. The van der Waals surface area contributed by atoms with Crippen molar-refractivity contribution in [3.8, 4) is 5.88 Å². The van der Waals surface area contributed by atoms with Crippen molar-refractivity contribution in [3.63, 3.8) is 0 Å². The smallest absolute Gasteiger partial charge is 0.280 e. The number of fused-ring (bicyclic) bond motifs is 2. The van der Waals surface area contributed by atoms with Gasteiger partial charge < -0.3 is 23.2 Å². The van der Waals surface area contributed by atoms with Gasteiger partial charge in [0.1, 0.15) is 23.4 Å². The second kappa shape index (κ2) is 13.9. The molecule has 18 heteroatoms. The molecule has 3 aromatic heterocycles. The Morgan fingerprint density at radius 3 is 2.23 bits per heavy atom. The fraction of sp³-hybridized carbons (Fsp3) is 0.676. The zero-order valence-electron chi connectivity index (χ0n) is 33.2. The highest BCUT2D eigenvalue weighted by Crippen LogP contribution is 2.52. The van der Waals surface area contributed by atoms with Crippen molar-refractivity contribution in [1.29, 1.82) is 0 Å². The fourth-order valence-electron chi connectivity index (χ4n) is 5.66. The van der Waals surface area contributed by atoms with Crippen LogP contribution in [-0.4, -0.2) is 83.2 Å². The Morgan fingerprint density at radius 1 is 0.962 bits per heavy atom. The Hall–Kier alpha value is -3.23. The number of ether oxygens (including phenoxy) is 1. The number of benzene rings is 1. The van der Waals surface area contributed by atoms with Gasteiger partial charge in [0.05, 0.1) is 19.0 Å². The Balaban J connectivity index is 1.67. The number of para-hydroxylation sites is 1. The molecule has 52 heavy (non-hydrogen) atoms. The van der Waals surface area contributed by atoms with Crippen LogP contribution in [0.5, 0.6) is 5.88 Å². The minimum absolute atomic E-state index is 0.00432. The van der Waals surface area contributed by atoms with Crippen molar-refractivity contribution in [1.82, 2.24) is 34.7 Å². The van der Waals surface area contributed by atoms with Gasteiger partial charge in [0.15, 0.2) is 36.1 Å². The molecule has 1 aromatic carbocycles. The molecule has 4 heterocycles. The lowest BCUT2D eigenvalue weighted by Crippen LogP contribution is -2.51. The molecular weight excluding hydrogens is 713 g/mol. The Labute approximate surface area is 309 Å². The molecule has 1 saturated heterocycles. The zero-order valence-corrected chi connectivity index (χ0v) is 36.2. The van der Waals surface area contributed by atoms with Crippen LogP contribution in [0.3, 0.4) is 0 Å². The van der Waals surface area contributed by atoms with Crippen LogP contribution in [0.4, 0.5) is 5.95 Å². The lowest BCUT2D eigenvalue weighted by molar-refractivity contribution is -0.0414. The molecule has 1 unspecified atom stereocenters. The summed E-state index contributed by atoms with van der Waals surface area (Å²) in [5.74, 6) is -0.357. The van der Waals surface area contributed by atoms with Gasteiger partial charge in [-0.3, -0.25) is 4.57 Å². The molecule has 1 aliphatic heterocycles. The number of rotatable bonds is 12. The largest absolute Gasteiger partial charge is 0.432 e. The Morgan fingerprint density at radius 2 is 1.62 bits per heavy atom. The molecule has 4 atom stereocenters. The molecule has 0 aliphatic carbocycles. The monoisotopic (exact) mass is 768 g/mol. The van der Waals surface area contributed by atoms with Crippen molar-refractivity contribution in [2.75, 3.05) is 6.61 Å². The van der Waals surface area contributed by atoms with E-state index in [1.165, 1.54) is 4.85 Å². The molecular formula is C34H56N10O5Si3. The molecule has 5 rings (SSSR count). The maximum Gasteiger partial charge on any atom is 0.280 e. The predicted molar refractivity (Wildman–Crippen MR) is 209 cm³/mol. The van der Waals surface area contributed by atoms with E-state index in [0.29, 0.717) is 35.2 Å². The van der Waals surface area contributed by atoms with Crippen LogP contribution in [-0.2, 0) is 13.6 Å². The van der Waals surface area contributed by atoms with Gasteiger partial charge in [-0.15, -0.1) is 5.10 Å². The first-order valence-electron chi connectivity index (χ1n) is 17.8. The summed E-state index contributed by atoms with van der Waals surface area (Å²) >= 11 is 0. The van der Waals surface area contributed by atoms with Crippen molar-refractivity contribution < 1.29 is 23.2 Å². The summed E-state index contributed by atoms with van der Waals surface area (Å²) in [5, 5.41) is 11.6. The third kappa shape index (κ3) is 7.84. The highest BCUT2D eigenvalue weighted by molar-refractivity contribution is 6.74. The van der Waals surface area contributed by atoms with E-state index in [4.69, 9.17) is 23.4 Å². The highest BCUT2D eigenvalue weighted by atomic mass is 28.4. The number of aromatic nitrogens is 7. The highest BCUT2D eigenvalue weighted by Gasteiger charge is 2.54. The Kier molecular flexibility index (Phi) is 10.7. The molecule has 1 fully saturated rings. The van der Waals surface area contributed by atoms with E-state index in [9.17, 15) is 10.3 Å². The predicted octanol–water partition coefficient (Wildman–Crippen LogP) is 8.65. The van der Waals surface area contributed by atoms with Crippen LogP contribution in [0.1, 0.15) is 68.0 Å². The van der Waals surface area contributed by atoms with E-state index in [1.54, 1.807) is 6.33 Å². The lowest BCUT2D eigenvalue weighted by atomic mass is 9.89. The van der Waals surface area contributed by atoms with Crippen LogP contribution in [0.25, 0.3) is 32.6 Å². The van der Waals surface area contributed by atoms with Crippen LogP contribution in [0, 0.1) is 5.92 Å². The quantitative estimate of drug-likeness (QED) is 0.0634. The van der Waals surface area contributed by atoms with E-state index in [2.05, 4.69) is 112 Å². The SMILES string of the molecule is CC(C)(C[C@H]1C(O[Si](C)(C)C(C)(C)C)[C@@H](CO[Si](C)(C)C(C)(C)C)O[C@H]1n1cnc2c(On3nnc4ccccc43)nc(N=[N+]=[N-])nc21)[Si](C)(C)O. The van der Waals surface area contributed by atoms with Gasteiger partial charge in [0.25, 0.3) is 5.88 Å². The summed E-state index contributed by atoms with van der Waals surface area (Å²) in [6, 6.07) is 7.35. The summed E-state index contributed by atoms with van der Waals surface area (Å²) in [6.45, 7) is 30.9. The normalized spacial score (nSPS) is 20.8. The van der Waals surface area contributed by atoms with Crippen LogP contribution in [0.2, 0.25) is 54.4 Å². The Bertz CT molecular complexity index is 1950.